The molecule has 7 rings (SSSR count). The fourth-order valence-electron chi connectivity index (χ4n) is 8.23. The van der Waals surface area contributed by atoms with Crippen molar-refractivity contribution < 1.29 is 9.90 Å². The first kappa shape index (κ1) is 17.3. The van der Waals surface area contributed by atoms with E-state index in [2.05, 4.69) is 29.2 Å². The van der Waals surface area contributed by atoms with Crippen molar-refractivity contribution in [2.75, 3.05) is 19.6 Å². The van der Waals surface area contributed by atoms with Crippen LogP contribution in [0.1, 0.15) is 62.5 Å². The molecule has 4 nitrogen and oxygen atoms in total. The first-order valence-electron chi connectivity index (χ1n) is 11.4. The van der Waals surface area contributed by atoms with Gasteiger partial charge in [-0.25, -0.2) is 4.79 Å². The van der Waals surface area contributed by atoms with E-state index in [9.17, 15) is 9.90 Å². The second-order valence-electron chi connectivity index (χ2n) is 10.7. The molecule has 0 aromatic heterocycles. The smallest absolute Gasteiger partial charge is 0.407 e. The predicted molar refractivity (Wildman–Crippen MR) is 108 cm³/mol. The van der Waals surface area contributed by atoms with E-state index in [4.69, 9.17) is 0 Å². The lowest BCUT2D eigenvalue weighted by Crippen LogP contribution is -2.64. The molecule has 2 heterocycles. The van der Waals surface area contributed by atoms with E-state index >= 15 is 0 Å². The molecule has 4 saturated carbocycles. The Hall–Kier alpha value is -1.55. The molecule has 150 valence electrons. The largest absolute Gasteiger partial charge is 0.465 e. The number of hydrogen-bond donors (Lipinski definition) is 1. The number of benzene rings is 1. The summed E-state index contributed by atoms with van der Waals surface area (Å²) in [6.45, 7) is 3.60. The van der Waals surface area contributed by atoms with Crippen LogP contribution in [-0.4, -0.2) is 46.2 Å². The highest BCUT2D eigenvalue weighted by Crippen LogP contribution is 2.59. The number of amides is 1. The molecule has 0 radical (unpaired) electrons. The third-order valence-corrected chi connectivity index (χ3v) is 9.11. The Morgan fingerprint density at radius 1 is 0.964 bits per heavy atom. The van der Waals surface area contributed by atoms with Crippen LogP contribution in [0.5, 0.6) is 0 Å². The molecule has 4 bridgehead atoms. The van der Waals surface area contributed by atoms with E-state index < -0.39 is 6.09 Å². The summed E-state index contributed by atoms with van der Waals surface area (Å²) >= 11 is 0. The minimum absolute atomic E-state index is 0.143. The molecule has 6 aliphatic rings. The van der Waals surface area contributed by atoms with Crippen LogP contribution in [0.3, 0.4) is 0 Å². The molecule has 4 heteroatoms. The summed E-state index contributed by atoms with van der Waals surface area (Å²) in [7, 11) is 0. The van der Waals surface area contributed by atoms with Crippen molar-refractivity contribution in [3.63, 3.8) is 0 Å². The van der Waals surface area contributed by atoms with Gasteiger partial charge in [-0.05, 0) is 80.2 Å². The Labute approximate surface area is 167 Å². The third kappa shape index (κ3) is 2.49. The lowest BCUT2D eigenvalue weighted by Gasteiger charge is -2.63. The van der Waals surface area contributed by atoms with Gasteiger partial charge in [0.1, 0.15) is 0 Å². The fraction of sp³-hybridized carbons (Fsp3) is 0.708. The zero-order valence-electron chi connectivity index (χ0n) is 16.8. The van der Waals surface area contributed by atoms with Crippen LogP contribution in [0, 0.1) is 17.8 Å². The normalized spacial score (nSPS) is 38.6. The van der Waals surface area contributed by atoms with Crippen molar-refractivity contribution >= 4 is 6.09 Å². The molecular weight excluding hydrogens is 348 g/mol. The molecule has 4 aliphatic carbocycles. The van der Waals surface area contributed by atoms with Gasteiger partial charge in [0, 0.05) is 37.1 Å². The lowest BCUT2D eigenvalue weighted by atomic mass is 9.52. The van der Waals surface area contributed by atoms with Gasteiger partial charge in [0.2, 0.25) is 0 Å². The van der Waals surface area contributed by atoms with Gasteiger partial charge in [0.25, 0.3) is 0 Å². The maximum absolute atomic E-state index is 11.5. The number of carbonyl (C=O) groups is 1. The number of hydrogen-bond acceptors (Lipinski definition) is 2. The van der Waals surface area contributed by atoms with Crippen LogP contribution in [0.15, 0.2) is 24.3 Å². The summed E-state index contributed by atoms with van der Waals surface area (Å²) in [5.41, 5.74) is 3.60. The summed E-state index contributed by atoms with van der Waals surface area (Å²) < 4.78 is 0. The van der Waals surface area contributed by atoms with Crippen molar-refractivity contribution in [1.29, 1.82) is 0 Å². The fourth-order valence-corrected chi connectivity index (χ4v) is 8.23. The maximum Gasteiger partial charge on any atom is 0.407 e. The van der Waals surface area contributed by atoms with Crippen molar-refractivity contribution in [3.8, 4) is 0 Å². The monoisotopic (exact) mass is 380 g/mol. The highest BCUT2D eigenvalue weighted by atomic mass is 16.4. The Kier molecular flexibility index (Phi) is 3.70. The van der Waals surface area contributed by atoms with Gasteiger partial charge in [-0.1, -0.05) is 24.3 Å². The standard InChI is InChI=1S/C24H32N2O2/c27-22(28)25-7-5-23(6-8-25)16-26(15-20-3-1-2-4-21(20)23)24-12-17-9-18(13-24)11-19(10-17)14-24/h1-4,17-19H,5-16H2,(H,27,28). The van der Waals surface area contributed by atoms with E-state index in [0.29, 0.717) is 18.6 Å². The SMILES string of the molecule is O=C(O)N1CCC2(CC1)CN(C13CC4CC(CC(C4)C1)C3)Cc1ccccc12. The van der Waals surface area contributed by atoms with E-state index in [1.807, 2.05) is 0 Å². The lowest BCUT2D eigenvalue weighted by molar-refractivity contribution is -0.106. The molecule has 1 aromatic rings. The minimum atomic E-state index is -0.753. The van der Waals surface area contributed by atoms with Gasteiger partial charge in [-0.3, -0.25) is 4.90 Å². The molecule has 1 N–H and O–H groups in total. The molecule has 1 aromatic carbocycles. The number of carboxylic acid groups (broad SMARTS) is 1. The summed E-state index contributed by atoms with van der Waals surface area (Å²) in [5.74, 6) is 2.90. The molecular formula is C24H32N2O2. The van der Waals surface area contributed by atoms with Gasteiger partial charge in [-0.15, -0.1) is 0 Å². The molecule has 28 heavy (non-hydrogen) atoms. The predicted octanol–water partition coefficient (Wildman–Crippen LogP) is 4.48. The van der Waals surface area contributed by atoms with E-state index in [1.165, 1.54) is 49.7 Å². The van der Waals surface area contributed by atoms with Gasteiger partial charge in [0.15, 0.2) is 0 Å². The molecule has 1 amide bonds. The van der Waals surface area contributed by atoms with Crippen LogP contribution in [-0.2, 0) is 12.0 Å². The Balaban J connectivity index is 1.35. The molecule has 0 unspecified atom stereocenters. The molecule has 0 atom stereocenters. The average molecular weight is 381 g/mol. The topological polar surface area (TPSA) is 43.8 Å². The Bertz CT molecular complexity index is 760. The van der Waals surface area contributed by atoms with Crippen LogP contribution < -0.4 is 0 Å². The number of likely N-dealkylation sites (tertiary alicyclic amines) is 1. The zero-order chi connectivity index (χ0) is 18.9. The quantitative estimate of drug-likeness (QED) is 0.781. The van der Waals surface area contributed by atoms with Crippen molar-refractivity contribution in [2.45, 2.75) is 68.9 Å². The van der Waals surface area contributed by atoms with E-state index in [1.54, 1.807) is 4.90 Å². The van der Waals surface area contributed by atoms with Gasteiger partial charge in [-0.2, -0.15) is 0 Å². The van der Waals surface area contributed by atoms with Crippen molar-refractivity contribution in [1.82, 2.24) is 9.80 Å². The number of fused-ring (bicyclic) bond motifs is 2. The van der Waals surface area contributed by atoms with E-state index in [0.717, 1.165) is 43.7 Å². The first-order chi connectivity index (χ1) is 13.6. The average Bonchev–Trinajstić information content (AvgIpc) is 2.67. The van der Waals surface area contributed by atoms with Crippen molar-refractivity contribution in [2.24, 2.45) is 17.8 Å². The number of rotatable bonds is 1. The Morgan fingerprint density at radius 2 is 1.57 bits per heavy atom. The molecule has 1 spiro atoms. The van der Waals surface area contributed by atoms with Crippen molar-refractivity contribution in [3.05, 3.63) is 35.4 Å². The summed E-state index contributed by atoms with van der Waals surface area (Å²) in [4.78, 5) is 16.0. The van der Waals surface area contributed by atoms with E-state index in [-0.39, 0.29) is 5.41 Å². The van der Waals surface area contributed by atoms with Crippen LogP contribution in [0.4, 0.5) is 4.79 Å². The number of nitrogens with zero attached hydrogens (tertiary/aromatic N) is 2. The summed E-state index contributed by atoms with van der Waals surface area (Å²) in [5, 5.41) is 9.44. The van der Waals surface area contributed by atoms with Gasteiger partial charge >= 0.3 is 6.09 Å². The second kappa shape index (κ2) is 5.98. The molecule has 5 fully saturated rings. The first-order valence-corrected chi connectivity index (χ1v) is 11.4. The number of piperidine rings is 1. The minimum Gasteiger partial charge on any atom is -0.465 e. The van der Waals surface area contributed by atoms with Crippen LogP contribution in [0.25, 0.3) is 0 Å². The molecule has 1 saturated heterocycles. The highest BCUT2D eigenvalue weighted by molar-refractivity contribution is 5.65. The van der Waals surface area contributed by atoms with Gasteiger partial charge < -0.3 is 10.0 Å². The van der Waals surface area contributed by atoms with Gasteiger partial charge in [0.05, 0.1) is 0 Å². The third-order valence-electron chi connectivity index (χ3n) is 9.11. The Morgan fingerprint density at radius 3 is 2.18 bits per heavy atom. The summed E-state index contributed by atoms with van der Waals surface area (Å²) in [6.07, 6.45) is 9.90. The summed E-state index contributed by atoms with van der Waals surface area (Å²) in [6, 6.07) is 9.06. The highest BCUT2D eigenvalue weighted by Gasteiger charge is 2.56. The zero-order valence-corrected chi connectivity index (χ0v) is 16.8. The molecule has 2 aliphatic heterocycles. The van der Waals surface area contributed by atoms with Crippen LogP contribution in [0.2, 0.25) is 0 Å². The second-order valence-corrected chi connectivity index (χ2v) is 10.7. The van der Waals surface area contributed by atoms with Crippen LogP contribution >= 0.6 is 0 Å². The maximum atomic E-state index is 11.5.